The Morgan fingerprint density at radius 3 is 2.24 bits per heavy atom. The van der Waals surface area contributed by atoms with Crippen LogP contribution in [0.5, 0.6) is 0 Å². The summed E-state index contributed by atoms with van der Waals surface area (Å²) in [5.74, 6) is 0.465. The third-order valence-corrected chi connectivity index (χ3v) is 8.32. The number of alkyl halides is 2. The Morgan fingerprint density at radius 1 is 1.14 bits per heavy atom. The van der Waals surface area contributed by atoms with Crippen molar-refractivity contribution < 1.29 is 9.59 Å². The number of anilines is 1. The second kappa shape index (κ2) is 4.62. The highest BCUT2D eigenvalue weighted by molar-refractivity contribution is 9.12. The number of imide groups is 1. The average Bonchev–Trinajstić information content (AvgIpc) is 3.04. The summed E-state index contributed by atoms with van der Waals surface area (Å²) in [4.78, 5) is 31.6. The van der Waals surface area contributed by atoms with Gasteiger partial charge in [-0.15, -0.1) is 0 Å². The Morgan fingerprint density at radius 2 is 1.71 bits per heavy atom. The van der Waals surface area contributed by atoms with Gasteiger partial charge in [-0.25, -0.2) is 9.88 Å². The van der Waals surface area contributed by atoms with Crippen LogP contribution in [0.1, 0.15) is 12.0 Å². The van der Waals surface area contributed by atoms with Gasteiger partial charge in [0.2, 0.25) is 11.8 Å². The van der Waals surface area contributed by atoms with E-state index in [2.05, 4.69) is 36.8 Å². The second-order valence-corrected chi connectivity index (χ2v) is 8.32. The molecule has 0 radical (unpaired) electrons. The molecule has 0 aromatic carbocycles. The van der Waals surface area contributed by atoms with E-state index in [0.29, 0.717) is 5.82 Å². The smallest absolute Gasteiger partial charge is 0.239 e. The van der Waals surface area contributed by atoms with Gasteiger partial charge in [0, 0.05) is 15.9 Å². The molecular formula is C15H14Br2N2O2. The number of rotatable bonds is 1. The zero-order valence-corrected chi connectivity index (χ0v) is 14.5. The largest absolute Gasteiger partial charge is 0.274 e. The monoisotopic (exact) mass is 412 g/mol. The van der Waals surface area contributed by atoms with Crippen LogP contribution < -0.4 is 4.90 Å². The molecule has 1 saturated heterocycles. The van der Waals surface area contributed by atoms with E-state index in [0.717, 1.165) is 12.0 Å². The van der Waals surface area contributed by atoms with Crippen LogP contribution in [0, 0.1) is 30.6 Å². The van der Waals surface area contributed by atoms with E-state index in [1.165, 1.54) is 4.90 Å². The van der Waals surface area contributed by atoms with Crippen molar-refractivity contribution in [3.8, 4) is 0 Å². The first-order valence-electron chi connectivity index (χ1n) is 7.09. The Hall–Kier alpha value is -0.750. The number of fused-ring (bicyclic) bond motifs is 5. The zero-order valence-electron chi connectivity index (χ0n) is 11.4. The minimum absolute atomic E-state index is 0.0700. The molecule has 4 nitrogen and oxygen atoms in total. The maximum Gasteiger partial charge on any atom is 0.239 e. The number of halogens is 2. The lowest BCUT2D eigenvalue weighted by atomic mass is 9.81. The number of nitrogens with zero attached hydrogens (tertiary/aromatic N) is 2. The average molecular weight is 414 g/mol. The summed E-state index contributed by atoms with van der Waals surface area (Å²) in [6.45, 7) is 1.93. The fraction of sp³-hybridized carbons (Fsp3) is 0.533. The third kappa shape index (κ3) is 1.75. The van der Waals surface area contributed by atoms with Crippen molar-refractivity contribution in [2.75, 3.05) is 4.90 Å². The summed E-state index contributed by atoms with van der Waals surface area (Å²) >= 11 is 7.38. The quantitative estimate of drug-likeness (QED) is 0.525. The topological polar surface area (TPSA) is 50.3 Å². The van der Waals surface area contributed by atoms with Crippen molar-refractivity contribution in [1.82, 2.24) is 4.98 Å². The summed E-state index contributed by atoms with van der Waals surface area (Å²) in [7, 11) is 0. The lowest BCUT2D eigenvalue weighted by molar-refractivity contribution is -0.123. The number of pyridine rings is 1. The number of carbonyl (C=O) groups excluding carboxylic acids is 2. The first-order valence-corrected chi connectivity index (χ1v) is 8.92. The van der Waals surface area contributed by atoms with Crippen molar-refractivity contribution >= 4 is 49.5 Å². The SMILES string of the molecule is Cc1ccnc(N2C(=O)[C@@H]3[C@H]4C[C@@H]([C@H](Br)[C@@H]4Br)[C@@H]3C2=O)c1. The molecule has 2 heterocycles. The van der Waals surface area contributed by atoms with Crippen LogP contribution in [0.25, 0.3) is 0 Å². The van der Waals surface area contributed by atoms with Gasteiger partial charge in [-0.2, -0.15) is 0 Å². The highest BCUT2D eigenvalue weighted by Gasteiger charge is 2.66. The van der Waals surface area contributed by atoms with Crippen LogP contribution in [0.3, 0.4) is 0 Å². The Balaban J connectivity index is 1.75. The van der Waals surface area contributed by atoms with E-state index < -0.39 is 0 Å². The van der Waals surface area contributed by atoms with Crippen LogP contribution >= 0.6 is 31.9 Å². The summed E-state index contributed by atoms with van der Waals surface area (Å²) in [5.41, 5.74) is 0.998. The molecule has 0 unspecified atom stereocenters. The van der Waals surface area contributed by atoms with Gasteiger partial charge in [0.05, 0.1) is 11.8 Å². The Labute approximate surface area is 139 Å². The first-order chi connectivity index (χ1) is 10.0. The molecule has 3 fully saturated rings. The van der Waals surface area contributed by atoms with Crippen LogP contribution in [0.15, 0.2) is 18.3 Å². The number of carbonyl (C=O) groups is 2. The predicted molar refractivity (Wildman–Crippen MR) is 85.5 cm³/mol. The molecule has 0 spiro atoms. The first kappa shape index (κ1) is 13.9. The van der Waals surface area contributed by atoms with E-state index in [9.17, 15) is 9.59 Å². The van der Waals surface area contributed by atoms with Crippen molar-refractivity contribution in [3.05, 3.63) is 23.9 Å². The maximum absolute atomic E-state index is 12.8. The van der Waals surface area contributed by atoms with Gasteiger partial charge in [-0.05, 0) is 42.9 Å². The molecule has 2 bridgehead atoms. The van der Waals surface area contributed by atoms with Gasteiger partial charge in [0.25, 0.3) is 0 Å². The summed E-state index contributed by atoms with van der Waals surface area (Å²) in [5, 5.41) is 0. The fourth-order valence-electron chi connectivity index (χ4n) is 4.22. The number of amides is 2. The molecule has 4 rings (SSSR count). The minimum atomic E-state index is -0.178. The minimum Gasteiger partial charge on any atom is -0.274 e. The number of aromatic nitrogens is 1. The van der Waals surface area contributed by atoms with Crippen LogP contribution in [0.4, 0.5) is 5.82 Å². The van der Waals surface area contributed by atoms with Gasteiger partial charge in [-0.1, -0.05) is 31.9 Å². The van der Waals surface area contributed by atoms with Gasteiger partial charge >= 0.3 is 0 Å². The fourth-order valence-corrected chi connectivity index (χ4v) is 6.09. The van der Waals surface area contributed by atoms with Crippen molar-refractivity contribution in [2.24, 2.45) is 23.7 Å². The number of hydrogen-bond donors (Lipinski definition) is 0. The molecule has 1 aromatic rings. The Bertz CT molecular complexity index is 618. The molecule has 3 aliphatic rings. The van der Waals surface area contributed by atoms with E-state index in [1.54, 1.807) is 12.3 Å². The highest BCUT2D eigenvalue weighted by atomic mass is 79.9. The molecule has 6 heteroatoms. The maximum atomic E-state index is 12.8. The molecule has 21 heavy (non-hydrogen) atoms. The molecule has 2 aliphatic carbocycles. The van der Waals surface area contributed by atoms with Gasteiger partial charge in [0.1, 0.15) is 5.82 Å². The van der Waals surface area contributed by atoms with Crippen LogP contribution in [-0.2, 0) is 9.59 Å². The van der Waals surface area contributed by atoms with Gasteiger partial charge in [0.15, 0.2) is 0 Å². The van der Waals surface area contributed by atoms with Crippen LogP contribution in [0.2, 0.25) is 0 Å². The van der Waals surface area contributed by atoms with E-state index in [1.807, 2.05) is 13.0 Å². The molecule has 1 aliphatic heterocycles. The molecule has 0 N–H and O–H groups in total. The standard InChI is InChI=1S/C15H14Br2N2O2/c1-6-2-3-18-9(4-6)19-14(20)10-7-5-8(11(10)15(19)21)13(17)12(7)16/h2-4,7-8,10-13H,5H2,1H3/t7-,8-,10-,11+,12-,13+/m1/s1. The predicted octanol–water partition coefficient (Wildman–Crippen LogP) is 2.67. The number of aryl methyl sites for hydroxylation is 1. The normalized spacial score (nSPS) is 41.0. The summed E-state index contributed by atoms with van der Waals surface area (Å²) in [6, 6.07) is 3.66. The molecule has 6 atom stereocenters. The Kier molecular flexibility index (Phi) is 3.05. The van der Waals surface area contributed by atoms with Gasteiger partial charge < -0.3 is 0 Å². The molecule has 1 aromatic heterocycles. The van der Waals surface area contributed by atoms with Crippen LogP contribution in [-0.4, -0.2) is 26.5 Å². The second-order valence-electron chi connectivity index (χ2n) is 6.21. The number of hydrogen-bond acceptors (Lipinski definition) is 3. The summed E-state index contributed by atoms with van der Waals surface area (Å²) < 4.78 is 0. The van der Waals surface area contributed by atoms with Crippen molar-refractivity contribution in [1.29, 1.82) is 0 Å². The van der Waals surface area contributed by atoms with E-state index in [-0.39, 0.29) is 45.1 Å². The van der Waals surface area contributed by atoms with E-state index in [4.69, 9.17) is 0 Å². The lowest BCUT2D eigenvalue weighted by Crippen LogP contribution is -2.37. The molecule has 110 valence electrons. The van der Waals surface area contributed by atoms with E-state index >= 15 is 0 Å². The van der Waals surface area contributed by atoms with Crippen molar-refractivity contribution in [2.45, 2.75) is 23.0 Å². The molecular weight excluding hydrogens is 400 g/mol. The highest BCUT2D eigenvalue weighted by Crippen LogP contribution is 2.60. The van der Waals surface area contributed by atoms with Gasteiger partial charge in [-0.3, -0.25) is 9.59 Å². The lowest BCUT2D eigenvalue weighted by Gasteiger charge is -2.28. The summed E-state index contributed by atoms with van der Waals surface area (Å²) in [6.07, 6.45) is 2.60. The zero-order chi connectivity index (χ0) is 14.9. The molecule has 2 saturated carbocycles. The van der Waals surface area contributed by atoms with Crippen molar-refractivity contribution in [3.63, 3.8) is 0 Å². The molecule has 2 amide bonds. The third-order valence-electron chi connectivity index (χ3n) is 5.12.